The zero-order valence-electron chi connectivity index (χ0n) is 17.8. The molecule has 34 heavy (non-hydrogen) atoms. The van der Waals surface area contributed by atoms with Crippen molar-refractivity contribution >= 4 is 35.0 Å². The fraction of sp³-hybridized carbons (Fsp3) is 0.318. The second-order valence-electron chi connectivity index (χ2n) is 7.56. The predicted molar refractivity (Wildman–Crippen MR) is 117 cm³/mol. The summed E-state index contributed by atoms with van der Waals surface area (Å²) in [4.78, 5) is 39.9. The molecule has 3 rings (SSSR count). The molecule has 2 aromatic rings. The van der Waals surface area contributed by atoms with Crippen LogP contribution in [-0.4, -0.2) is 66.8 Å². The van der Waals surface area contributed by atoms with E-state index in [-0.39, 0.29) is 30.2 Å². The number of nitrogens with one attached hydrogen (secondary N) is 2. The first-order chi connectivity index (χ1) is 16.0. The largest absolute Gasteiger partial charge is 0.417 e. The molecule has 1 aliphatic rings. The smallest absolute Gasteiger partial charge is 0.343 e. The number of benzene rings is 2. The van der Waals surface area contributed by atoms with Crippen LogP contribution >= 0.6 is 11.6 Å². The molecule has 182 valence electrons. The van der Waals surface area contributed by atoms with E-state index in [1.807, 2.05) is 0 Å². The van der Waals surface area contributed by atoms with Crippen LogP contribution in [0.1, 0.15) is 15.9 Å². The number of carbonyl (C=O) groups is 3. The number of amides is 3. The van der Waals surface area contributed by atoms with Gasteiger partial charge in [0.2, 0.25) is 11.8 Å². The molecule has 0 aliphatic carbocycles. The Morgan fingerprint density at radius 2 is 1.68 bits per heavy atom. The van der Waals surface area contributed by atoms with E-state index in [1.54, 1.807) is 4.90 Å². The molecule has 7 nitrogen and oxygen atoms in total. The number of hydrogen-bond acceptors (Lipinski definition) is 4. The van der Waals surface area contributed by atoms with Gasteiger partial charge in [0.25, 0.3) is 5.91 Å². The van der Waals surface area contributed by atoms with Crippen LogP contribution in [-0.2, 0) is 15.8 Å². The molecule has 1 fully saturated rings. The van der Waals surface area contributed by atoms with Gasteiger partial charge in [0.1, 0.15) is 5.82 Å². The molecule has 1 aliphatic heterocycles. The molecule has 2 aromatic carbocycles. The van der Waals surface area contributed by atoms with Crippen molar-refractivity contribution in [3.8, 4) is 0 Å². The lowest BCUT2D eigenvalue weighted by Gasteiger charge is -2.34. The summed E-state index contributed by atoms with van der Waals surface area (Å²) in [6.07, 6.45) is -4.64. The molecular formula is C22H21ClF4N4O3. The van der Waals surface area contributed by atoms with Gasteiger partial charge < -0.3 is 15.5 Å². The van der Waals surface area contributed by atoms with Crippen LogP contribution in [0.15, 0.2) is 42.5 Å². The topological polar surface area (TPSA) is 81.8 Å². The van der Waals surface area contributed by atoms with Crippen LogP contribution in [0.4, 0.5) is 23.2 Å². The van der Waals surface area contributed by atoms with Crippen LogP contribution in [0.2, 0.25) is 5.02 Å². The Kier molecular flexibility index (Phi) is 8.11. The summed E-state index contributed by atoms with van der Waals surface area (Å²) in [7, 11) is 0. The Bertz CT molecular complexity index is 1070. The van der Waals surface area contributed by atoms with Crippen LogP contribution in [0.3, 0.4) is 0 Å². The van der Waals surface area contributed by atoms with E-state index in [1.165, 1.54) is 29.2 Å². The Labute approximate surface area is 197 Å². The van der Waals surface area contributed by atoms with Crippen LogP contribution < -0.4 is 10.6 Å². The van der Waals surface area contributed by atoms with E-state index in [0.717, 1.165) is 18.2 Å². The highest BCUT2D eigenvalue weighted by Gasteiger charge is 2.33. The monoisotopic (exact) mass is 500 g/mol. The minimum Gasteiger partial charge on any atom is -0.343 e. The van der Waals surface area contributed by atoms with Crippen molar-refractivity contribution in [2.75, 3.05) is 44.6 Å². The highest BCUT2D eigenvalue weighted by atomic mass is 35.5. The van der Waals surface area contributed by atoms with E-state index in [0.29, 0.717) is 26.2 Å². The maximum absolute atomic E-state index is 13.6. The van der Waals surface area contributed by atoms with Crippen molar-refractivity contribution in [2.45, 2.75) is 6.18 Å². The first kappa shape index (κ1) is 25.4. The summed E-state index contributed by atoms with van der Waals surface area (Å²) in [5.41, 5.74) is -1.23. The van der Waals surface area contributed by atoms with Gasteiger partial charge in [0.05, 0.1) is 29.2 Å². The lowest BCUT2D eigenvalue weighted by Crippen LogP contribution is -2.52. The van der Waals surface area contributed by atoms with Crippen molar-refractivity contribution in [2.24, 2.45) is 0 Å². The van der Waals surface area contributed by atoms with Crippen molar-refractivity contribution in [3.63, 3.8) is 0 Å². The second-order valence-corrected chi connectivity index (χ2v) is 7.97. The van der Waals surface area contributed by atoms with Crippen molar-refractivity contribution in [1.29, 1.82) is 0 Å². The van der Waals surface area contributed by atoms with Gasteiger partial charge in [0.15, 0.2) is 0 Å². The van der Waals surface area contributed by atoms with E-state index in [9.17, 15) is 31.9 Å². The zero-order chi connectivity index (χ0) is 24.9. The van der Waals surface area contributed by atoms with E-state index >= 15 is 0 Å². The van der Waals surface area contributed by atoms with Crippen LogP contribution in [0.5, 0.6) is 0 Å². The fourth-order valence-electron chi connectivity index (χ4n) is 3.39. The average Bonchev–Trinajstić information content (AvgIpc) is 2.78. The molecule has 0 bridgehead atoms. The lowest BCUT2D eigenvalue weighted by molar-refractivity contribution is -0.137. The lowest BCUT2D eigenvalue weighted by atomic mass is 10.2. The normalized spacial score (nSPS) is 14.6. The number of alkyl halides is 3. The third kappa shape index (κ3) is 6.67. The summed E-state index contributed by atoms with van der Waals surface area (Å²) in [5.74, 6) is -2.24. The van der Waals surface area contributed by atoms with Crippen molar-refractivity contribution < 1.29 is 31.9 Å². The fourth-order valence-corrected chi connectivity index (χ4v) is 3.61. The number of nitrogens with zero attached hydrogens (tertiary/aromatic N) is 2. The molecule has 0 radical (unpaired) electrons. The first-order valence-electron chi connectivity index (χ1n) is 10.2. The third-order valence-corrected chi connectivity index (χ3v) is 5.50. The van der Waals surface area contributed by atoms with E-state index in [4.69, 9.17) is 11.6 Å². The summed E-state index contributed by atoms with van der Waals surface area (Å²) in [6, 6.07) is 8.54. The summed E-state index contributed by atoms with van der Waals surface area (Å²) in [6.45, 7) is 0.924. The summed E-state index contributed by atoms with van der Waals surface area (Å²) >= 11 is 5.58. The number of carbonyl (C=O) groups excluding carboxylic acids is 3. The van der Waals surface area contributed by atoms with Gasteiger partial charge in [-0.1, -0.05) is 23.7 Å². The maximum Gasteiger partial charge on any atom is 0.417 e. The number of halogens is 5. The van der Waals surface area contributed by atoms with Gasteiger partial charge in [-0.3, -0.25) is 19.3 Å². The Hall–Kier alpha value is -3.18. The van der Waals surface area contributed by atoms with Gasteiger partial charge >= 0.3 is 6.18 Å². The third-order valence-electron chi connectivity index (χ3n) is 5.17. The maximum atomic E-state index is 13.6. The molecule has 12 heteroatoms. The molecule has 3 amide bonds. The number of hydrogen-bond donors (Lipinski definition) is 2. The van der Waals surface area contributed by atoms with Crippen molar-refractivity contribution in [3.05, 3.63) is 64.4 Å². The number of anilines is 1. The highest BCUT2D eigenvalue weighted by molar-refractivity contribution is 6.31. The van der Waals surface area contributed by atoms with Gasteiger partial charge in [-0.15, -0.1) is 0 Å². The quantitative estimate of drug-likeness (QED) is 0.598. The average molecular weight is 501 g/mol. The zero-order valence-corrected chi connectivity index (χ0v) is 18.5. The van der Waals surface area contributed by atoms with Crippen LogP contribution in [0.25, 0.3) is 0 Å². The van der Waals surface area contributed by atoms with Gasteiger partial charge in [-0.2, -0.15) is 13.2 Å². The molecule has 0 unspecified atom stereocenters. The van der Waals surface area contributed by atoms with Crippen molar-refractivity contribution in [1.82, 2.24) is 15.1 Å². The number of rotatable bonds is 6. The Morgan fingerprint density at radius 1 is 1.00 bits per heavy atom. The second kappa shape index (κ2) is 10.8. The molecule has 0 aromatic heterocycles. The summed E-state index contributed by atoms with van der Waals surface area (Å²) in [5, 5.41) is 4.35. The minimum atomic E-state index is -4.64. The SMILES string of the molecule is O=C(CN1CCN(C(=O)CNC(=O)c2ccccc2F)CC1)Nc1ccc(Cl)c(C(F)(F)F)c1. The van der Waals surface area contributed by atoms with E-state index < -0.39 is 34.4 Å². The first-order valence-corrected chi connectivity index (χ1v) is 10.6. The molecule has 0 atom stereocenters. The standard InChI is InChI=1S/C22H21ClF4N4O3/c23-17-6-5-14(11-16(17)22(25,26)27)29-19(32)13-30-7-9-31(10-8-30)20(33)12-28-21(34)15-3-1-2-4-18(15)24/h1-6,11H,7-10,12-13H2,(H,28,34)(H,29,32). The minimum absolute atomic E-state index is 0.0267. The molecule has 0 spiro atoms. The van der Waals surface area contributed by atoms with Gasteiger partial charge in [-0.05, 0) is 30.3 Å². The molecule has 0 saturated carbocycles. The Balaban J connectivity index is 1.44. The van der Waals surface area contributed by atoms with Gasteiger partial charge in [-0.25, -0.2) is 4.39 Å². The number of piperazine rings is 1. The van der Waals surface area contributed by atoms with Gasteiger partial charge in [0, 0.05) is 31.9 Å². The van der Waals surface area contributed by atoms with Crippen LogP contribution in [0, 0.1) is 5.82 Å². The molecule has 1 saturated heterocycles. The van der Waals surface area contributed by atoms with E-state index in [2.05, 4.69) is 10.6 Å². The highest BCUT2D eigenvalue weighted by Crippen LogP contribution is 2.36. The Morgan fingerprint density at radius 3 is 2.32 bits per heavy atom. The summed E-state index contributed by atoms with van der Waals surface area (Å²) < 4.78 is 52.5. The molecule has 2 N–H and O–H groups in total. The predicted octanol–water partition coefficient (Wildman–Crippen LogP) is 3.01. The molecule has 1 heterocycles. The molecular weight excluding hydrogens is 480 g/mol.